The Bertz CT molecular complexity index is 708. The van der Waals surface area contributed by atoms with E-state index >= 15 is 0 Å². The summed E-state index contributed by atoms with van der Waals surface area (Å²) in [4.78, 5) is 1.35. The molecule has 0 radical (unpaired) electrons. The van der Waals surface area contributed by atoms with Crippen LogP contribution in [0.25, 0.3) is 10.1 Å². The lowest BCUT2D eigenvalue weighted by Gasteiger charge is -2.13. The van der Waals surface area contributed by atoms with Crippen molar-refractivity contribution in [3.8, 4) is 0 Å². The van der Waals surface area contributed by atoms with Crippen molar-refractivity contribution >= 4 is 31.4 Å². The van der Waals surface area contributed by atoms with E-state index in [9.17, 15) is 8.42 Å². The molecule has 1 aromatic carbocycles. The van der Waals surface area contributed by atoms with Gasteiger partial charge < -0.3 is 5.32 Å². The minimum absolute atomic E-state index is 0.278. The van der Waals surface area contributed by atoms with Crippen molar-refractivity contribution in [2.24, 2.45) is 0 Å². The lowest BCUT2D eigenvalue weighted by atomic mass is 10.1. The van der Waals surface area contributed by atoms with Crippen LogP contribution >= 0.6 is 11.3 Å². The Kier molecular flexibility index (Phi) is 5.37. The van der Waals surface area contributed by atoms with E-state index in [0.717, 1.165) is 13.0 Å². The first-order chi connectivity index (χ1) is 9.88. The fourth-order valence-electron chi connectivity index (χ4n) is 2.36. The Morgan fingerprint density at radius 3 is 2.62 bits per heavy atom. The Hall–Kier alpha value is -0.950. The number of rotatable bonds is 7. The molecule has 0 aliphatic carbocycles. The predicted molar refractivity (Wildman–Crippen MR) is 90.4 cm³/mol. The van der Waals surface area contributed by atoms with Gasteiger partial charge in [0.25, 0.3) is 0 Å². The summed E-state index contributed by atoms with van der Waals surface area (Å²) in [5.41, 5.74) is 1.34. The molecule has 0 aliphatic rings. The standard InChI is InChI=1S/C15H22N2O2S2/c1-11-13-7-4-5-8-14(13)20-15(11)12(2)16-9-6-10-17-21(3,18)19/h4-5,7-8,12,16-17H,6,9-10H2,1-3H3. The molecule has 0 aliphatic heterocycles. The molecule has 2 N–H and O–H groups in total. The summed E-state index contributed by atoms with van der Waals surface area (Å²) in [6.07, 6.45) is 1.96. The van der Waals surface area contributed by atoms with Crippen LogP contribution in [0.15, 0.2) is 24.3 Å². The summed E-state index contributed by atoms with van der Waals surface area (Å²) < 4.78 is 25.7. The first-order valence-corrected chi connectivity index (χ1v) is 9.75. The van der Waals surface area contributed by atoms with Crippen molar-refractivity contribution in [1.82, 2.24) is 10.0 Å². The van der Waals surface area contributed by atoms with Gasteiger partial charge in [0.1, 0.15) is 0 Å². The van der Waals surface area contributed by atoms with E-state index in [1.807, 2.05) is 11.3 Å². The second-order valence-electron chi connectivity index (χ2n) is 5.28. The van der Waals surface area contributed by atoms with Crippen LogP contribution in [0.5, 0.6) is 0 Å². The van der Waals surface area contributed by atoms with Crippen LogP contribution in [0.1, 0.15) is 29.8 Å². The lowest BCUT2D eigenvalue weighted by molar-refractivity contribution is 0.552. The number of nitrogens with one attached hydrogen (secondary N) is 2. The summed E-state index contributed by atoms with van der Waals surface area (Å²) in [5, 5.41) is 4.79. The third-order valence-corrected chi connectivity index (χ3v) is 5.63. The third kappa shape index (κ3) is 4.51. The van der Waals surface area contributed by atoms with E-state index in [2.05, 4.69) is 48.2 Å². The molecular formula is C15H22N2O2S2. The van der Waals surface area contributed by atoms with Crippen molar-refractivity contribution in [3.05, 3.63) is 34.7 Å². The SMILES string of the molecule is Cc1c(C(C)NCCCNS(C)(=O)=O)sc2ccccc12. The van der Waals surface area contributed by atoms with Gasteiger partial charge in [-0.15, -0.1) is 11.3 Å². The molecule has 21 heavy (non-hydrogen) atoms. The van der Waals surface area contributed by atoms with Gasteiger partial charge in [0.15, 0.2) is 0 Å². The van der Waals surface area contributed by atoms with Crippen molar-refractivity contribution < 1.29 is 8.42 Å². The lowest BCUT2D eigenvalue weighted by Crippen LogP contribution is -2.27. The average Bonchev–Trinajstić information content (AvgIpc) is 2.75. The largest absolute Gasteiger partial charge is 0.309 e. The van der Waals surface area contributed by atoms with Crippen LogP contribution < -0.4 is 10.0 Å². The fourth-order valence-corrected chi connectivity index (χ4v) is 4.12. The summed E-state index contributed by atoms with van der Waals surface area (Å²) >= 11 is 1.83. The molecule has 116 valence electrons. The Morgan fingerprint density at radius 1 is 1.24 bits per heavy atom. The van der Waals surface area contributed by atoms with Crippen molar-refractivity contribution in [2.45, 2.75) is 26.3 Å². The zero-order valence-electron chi connectivity index (χ0n) is 12.6. The highest BCUT2D eigenvalue weighted by atomic mass is 32.2. The summed E-state index contributed by atoms with van der Waals surface area (Å²) in [5.74, 6) is 0. The third-order valence-electron chi connectivity index (χ3n) is 3.44. The second kappa shape index (κ2) is 6.87. The van der Waals surface area contributed by atoms with Gasteiger partial charge in [-0.25, -0.2) is 13.1 Å². The second-order valence-corrected chi connectivity index (χ2v) is 8.20. The minimum atomic E-state index is -3.08. The number of sulfonamides is 1. The van der Waals surface area contributed by atoms with E-state index in [-0.39, 0.29) is 6.04 Å². The summed E-state index contributed by atoms with van der Waals surface area (Å²) in [6.45, 7) is 5.58. The minimum Gasteiger partial charge on any atom is -0.309 e. The quantitative estimate of drug-likeness (QED) is 0.769. The molecule has 6 heteroatoms. The van der Waals surface area contributed by atoms with Gasteiger partial charge in [-0.2, -0.15) is 0 Å². The molecule has 4 nitrogen and oxygen atoms in total. The van der Waals surface area contributed by atoms with Crippen LogP contribution in [0.3, 0.4) is 0 Å². The van der Waals surface area contributed by atoms with E-state index < -0.39 is 10.0 Å². The molecule has 0 bridgehead atoms. The number of fused-ring (bicyclic) bond motifs is 1. The van der Waals surface area contributed by atoms with Gasteiger partial charge in [0.05, 0.1) is 6.26 Å². The van der Waals surface area contributed by atoms with Crippen LogP contribution in [-0.2, 0) is 10.0 Å². The highest BCUT2D eigenvalue weighted by molar-refractivity contribution is 7.88. The van der Waals surface area contributed by atoms with Crippen molar-refractivity contribution in [1.29, 1.82) is 0 Å². The van der Waals surface area contributed by atoms with E-state index in [1.165, 1.54) is 26.8 Å². The van der Waals surface area contributed by atoms with Gasteiger partial charge in [-0.05, 0) is 43.8 Å². The van der Waals surface area contributed by atoms with Gasteiger partial charge in [-0.3, -0.25) is 0 Å². The topological polar surface area (TPSA) is 58.2 Å². The zero-order valence-corrected chi connectivity index (χ0v) is 14.3. The van der Waals surface area contributed by atoms with E-state index in [1.54, 1.807) is 0 Å². The molecule has 1 aromatic heterocycles. The average molecular weight is 326 g/mol. The molecule has 2 rings (SSSR count). The fraction of sp³-hybridized carbons (Fsp3) is 0.467. The maximum Gasteiger partial charge on any atom is 0.208 e. The Morgan fingerprint density at radius 2 is 1.95 bits per heavy atom. The molecular weight excluding hydrogens is 304 g/mol. The number of thiophene rings is 1. The molecule has 1 unspecified atom stereocenters. The van der Waals surface area contributed by atoms with Crippen LogP contribution in [0, 0.1) is 6.92 Å². The normalized spacial score (nSPS) is 13.7. The van der Waals surface area contributed by atoms with Gasteiger partial charge in [0.2, 0.25) is 10.0 Å². The summed E-state index contributed by atoms with van der Waals surface area (Å²) in [6, 6.07) is 8.73. The predicted octanol–water partition coefficient (Wildman–Crippen LogP) is 2.80. The van der Waals surface area contributed by atoms with Gasteiger partial charge in [-0.1, -0.05) is 18.2 Å². The van der Waals surface area contributed by atoms with Crippen molar-refractivity contribution in [3.63, 3.8) is 0 Å². The molecule has 0 amide bonds. The van der Waals surface area contributed by atoms with Crippen LogP contribution in [0.4, 0.5) is 0 Å². The maximum absolute atomic E-state index is 11.0. The summed E-state index contributed by atoms with van der Waals surface area (Å²) in [7, 11) is -3.08. The number of benzene rings is 1. The van der Waals surface area contributed by atoms with Gasteiger partial charge in [0, 0.05) is 22.2 Å². The molecule has 0 saturated heterocycles. The van der Waals surface area contributed by atoms with Crippen molar-refractivity contribution in [2.75, 3.05) is 19.3 Å². The zero-order chi connectivity index (χ0) is 15.5. The molecule has 0 saturated carbocycles. The molecule has 1 atom stereocenters. The smallest absolute Gasteiger partial charge is 0.208 e. The van der Waals surface area contributed by atoms with Gasteiger partial charge >= 0.3 is 0 Å². The van der Waals surface area contributed by atoms with Crippen LogP contribution in [-0.4, -0.2) is 27.8 Å². The first kappa shape index (κ1) is 16.4. The number of aryl methyl sites for hydroxylation is 1. The maximum atomic E-state index is 11.0. The molecule has 0 spiro atoms. The Labute approximate surface area is 130 Å². The number of hydrogen-bond donors (Lipinski definition) is 2. The highest BCUT2D eigenvalue weighted by Gasteiger charge is 2.13. The van der Waals surface area contributed by atoms with Crippen LogP contribution in [0.2, 0.25) is 0 Å². The molecule has 1 heterocycles. The first-order valence-electron chi connectivity index (χ1n) is 7.04. The monoisotopic (exact) mass is 326 g/mol. The molecule has 2 aromatic rings. The molecule has 0 fully saturated rings. The highest BCUT2D eigenvalue weighted by Crippen LogP contribution is 2.34. The van der Waals surface area contributed by atoms with E-state index in [0.29, 0.717) is 6.54 Å². The van der Waals surface area contributed by atoms with E-state index in [4.69, 9.17) is 0 Å². The Balaban J connectivity index is 1.90. The number of hydrogen-bond acceptors (Lipinski definition) is 4.